The molecule has 3 nitrogen and oxygen atoms in total. The van der Waals surface area contributed by atoms with E-state index in [-0.39, 0.29) is 0 Å². The molecule has 19 heavy (non-hydrogen) atoms. The van der Waals surface area contributed by atoms with Crippen LogP contribution >= 0.6 is 0 Å². The fraction of sp³-hybridized carbons (Fsp3) is 0.438. The summed E-state index contributed by atoms with van der Waals surface area (Å²) in [6.45, 7) is 10.6. The lowest BCUT2D eigenvalue weighted by molar-refractivity contribution is 0.720. The maximum Gasteiger partial charge on any atom is 0.0683 e. The van der Waals surface area contributed by atoms with E-state index in [1.807, 2.05) is 6.20 Å². The Bertz CT molecular complexity index is 541. The van der Waals surface area contributed by atoms with Gasteiger partial charge >= 0.3 is 0 Å². The summed E-state index contributed by atoms with van der Waals surface area (Å²) in [4.78, 5) is 0. The molecule has 0 atom stereocenters. The number of nitrogens with one attached hydrogen (secondary N) is 1. The number of para-hydroxylation sites is 1. The van der Waals surface area contributed by atoms with Crippen molar-refractivity contribution in [2.45, 2.75) is 40.2 Å². The van der Waals surface area contributed by atoms with Crippen molar-refractivity contribution < 1.29 is 0 Å². The second-order valence-electron chi connectivity index (χ2n) is 5.16. The first-order valence-electron chi connectivity index (χ1n) is 6.98. The normalized spacial score (nSPS) is 11.2. The molecule has 1 aromatic heterocycles. The minimum atomic E-state index is 0.497. The Kier molecular flexibility index (Phi) is 4.38. The van der Waals surface area contributed by atoms with E-state index in [4.69, 9.17) is 0 Å². The SMILES string of the molecule is CCNCc1cnn(-c2ccccc2C(C)C)c1C. The highest BCUT2D eigenvalue weighted by Gasteiger charge is 2.12. The van der Waals surface area contributed by atoms with E-state index in [0.29, 0.717) is 5.92 Å². The quantitative estimate of drug-likeness (QED) is 0.889. The second kappa shape index (κ2) is 6.02. The summed E-state index contributed by atoms with van der Waals surface area (Å²) >= 11 is 0. The average molecular weight is 257 g/mol. The fourth-order valence-electron chi connectivity index (χ4n) is 2.29. The van der Waals surface area contributed by atoms with Gasteiger partial charge in [0, 0.05) is 17.8 Å². The van der Waals surface area contributed by atoms with E-state index >= 15 is 0 Å². The van der Waals surface area contributed by atoms with Crippen LogP contribution in [0.2, 0.25) is 0 Å². The minimum Gasteiger partial charge on any atom is -0.313 e. The van der Waals surface area contributed by atoms with Crippen LogP contribution in [0.3, 0.4) is 0 Å². The molecule has 0 unspecified atom stereocenters. The summed E-state index contributed by atoms with van der Waals surface area (Å²) in [5, 5.41) is 7.91. The van der Waals surface area contributed by atoms with Crippen LogP contribution in [0, 0.1) is 6.92 Å². The molecule has 0 aliphatic heterocycles. The first kappa shape index (κ1) is 13.8. The van der Waals surface area contributed by atoms with Gasteiger partial charge in [-0.1, -0.05) is 39.0 Å². The van der Waals surface area contributed by atoms with Crippen LogP contribution in [0.5, 0.6) is 0 Å². The predicted octanol–water partition coefficient (Wildman–Crippen LogP) is 3.41. The van der Waals surface area contributed by atoms with Crippen molar-refractivity contribution in [1.29, 1.82) is 0 Å². The van der Waals surface area contributed by atoms with Gasteiger partial charge in [0.15, 0.2) is 0 Å². The van der Waals surface area contributed by atoms with Gasteiger partial charge in [-0.25, -0.2) is 4.68 Å². The van der Waals surface area contributed by atoms with Gasteiger partial charge in [0.25, 0.3) is 0 Å². The zero-order chi connectivity index (χ0) is 13.8. The Labute approximate surface area is 115 Å². The first-order valence-corrected chi connectivity index (χ1v) is 6.98. The summed E-state index contributed by atoms with van der Waals surface area (Å²) in [5.74, 6) is 0.497. The number of hydrogen-bond acceptors (Lipinski definition) is 2. The molecule has 1 N–H and O–H groups in total. The summed E-state index contributed by atoms with van der Waals surface area (Å²) in [7, 11) is 0. The van der Waals surface area contributed by atoms with Gasteiger partial charge in [-0.15, -0.1) is 0 Å². The fourth-order valence-corrected chi connectivity index (χ4v) is 2.29. The van der Waals surface area contributed by atoms with Crippen LogP contribution in [0.15, 0.2) is 30.5 Å². The highest BCUT2D eigenvalue weighted by molar-refractivity contribution is 5.44. The maximum absolute atomic E-state index is 4.56. The molecule has 102 valence electrons. The molecule has 0 radical (unpaired) electrons. The van der Waals surface area contributed by atoms with Gasteiger partial charge < -0.3 is 5.32 Å². The van der Waals surface area contributed by atoms with Gasteiger partial charge in [0.1, 0.15) is 0 Å². The van der Waals surface area contributed by atoms with Crippen LogP contribution in [-0.4, -0.2) is 16.3 Å². The molecule has 0 amide bonds. The van der Waals surface area contributed by atoms with Crippen molar-refractivity contribution in [1.82, 2.24) is 15.1 Å². The van der Waals surface area contributed by atoms with E-state index in [0.717, 1.165) is 13.1 Å². The van der Waals surface area contributed by atoms with Crippen LogP contribution in [-0.2, 0) is 6.54 Å². The number of benzene rings is 1. The Hall–Kier alpha value is -1.61. The number of hydrogen-bond donors (Lipinski definition) is 1. The van der Waals surface area contributed by atoms with Crippen LogP contribution in [0.4, 0.5) is 0 Å². The van der Waals surface area contributed by atoms with E-state index in [1.165, 1.54) is 22.5 Å². The molecule has 0 aliphatic rings. The molecular weight excluding hydrogens is 234 g/mol. The summed E-state index contributed by atoms with van der Waals surface area (Å²) in [6, 6.07) is 8.50. The Balaban J connectivity index is 2.40. The molecule has 0 bridgehead atoms. The Morgan fingerprint density at radius 3 is 2.68 bits per heavy atom. The van der Waals surface area contributed by atoms with E-state index in [2.05, 4.69) is 67.1 Å². The van der Waals surface area contributed by atoms with Gasteiger partial charge in [-0.2, -0.15) is 5.10 Å². The largest absolute Gasteiger partial charge is 0.313 e. The van der Waals surface area contributed by atoms with Crippen molar-refractivity contribution in [3.8, 4) is 5.69 Å². The molecule has 1 heterocycles. The molecule has 1 aromatic carbocycles. The molecule has 0 fully saturated rings. The molecular formula is C16H23N3. The van der Waals surface area contributed by atoms with Gasteiger partial charge in [0.05, 0.1) is 11.9 Å². The van der Waals surface area contributed by atoms with Crippen LogP contribution in [0.1, 0.15) is 43.5 Å². The van der Waals surface area contributed by atoms with Crippen molar-refractivity contribution >= 4 is 0 Å². The summed E-state index contributed by atoms with van der Waals surface area (Å²) in [6.07, 6.45) is 1.97. The van der Waals surface area contributed by atoms with Crippen LogP contribution < -0.4 is 5.32 Å². The standard InChI is InChI=1S/C16H23N3/c1-5-17-10-14-11-18-19(13(14)4)16-9-7-6-8-15(16)12(2)3/h6-9,11-12,17H,5,10H2,1-4H3. The average Bonchev–Trinajstić information content (AvgIpc) is 2.77. The van der Waals surface area contributed by atoms with E-state index < -0.39 is 0 Å². The number of nitrogens with zero attached hydrogens (tertiary/aromatic N) is 2. The summed E-state index contributed by atoms with van der Waals surface area (Å²) in [5.41, 5.74) is 5.01. The monoisotopic (exact) mass is 257 g/mol. The topological polar surface area (TPSA) is 29.9 Å². The third-order valence-corrected chi connectivity index (χ3v) is 3.46. The Morgan fingerprint density at radius 1 is 1.26 bits per heavy atom. The minimum absolute atomic E-state index is 0.497. The third kappa shape index (κ3) is 2.87. The molecule has 0 saturated carbocycles. The summed E-state index contributed by atoms with van der Waals surface area (Å²) < 4.78 is 2.06. The number of aromatic nitrogens is 2. The van der Waals surface area contributed by atoms with Gasteiger partial charge in [0.2, 0.25) is 0 Å². The highest BCUT2D eigenvalue weighted by atomic mass is 15.3. The third-order valence-electron chi connectivity index (χ3n) is 3.46. The van der Waals surface area contributed by atoms with Crippen molar-refractivity contribution in [2.24, 2.45) is 0 Å². The molecule has 0 spiro atoms. The predicted molar refractivity (Wildman–Crippen MR) is 79.8 cm³/mol. The smallest absolute Gasteiger partial charge is 0.0683 e. The lowest BCUT2D eigenvalue weighted by Crippen LogP contribution is -2.12. The van der Waals surface area contributed by atoms with Gasteiger partial charge in [-0.05, 0) is 31.0 Å². The Morgan fingerprint density at radius 2 is 2.00 bits per heavy atom. The van der Waals surface area contributed by atoms with Crippen molar-refractivity contribution in [3.05, 3.63) is 47.3 Å². The van der Waals surface area contributed by atoms with Crippen molar-refractivity contribution in [3.63, 3.8) is 0 Å². The second-order valence-corrected chi connectivity index (χ2v) is 5.16. The van der Waals surface area contributed by atoms with Gasteiger partial charge in [-0.3, -0.25) is 0 Å². The van der Waals surface area contributed by atoms with Crippen LogP contribution in [0.25, 0.3) is 5.69 Å². The molecule has 2 rings (SSSR count). The lowest BCUT2D eigenvalue weighted by atomic mass is 10.0. The maximum atomic E-state index is 4.56. The highest BCUT2D eigenvalue weighted by Crippen LogP contribution is 2.24. The van der Waals surface area contributed by atoms with E-state index in [1.54, 1.807) is 0 Å². The van der Waals surface area contributed by atoms with E-state index in [9.17, 15) is 0 Å². The molecule has 0 saturated heterocycles. The first-order chi connectivity index (χ1) is 9.15. The molecule has 3 heteroatoms. The van der Waals surface area contributed by atoms with Crippen molar-refractivity contribution in [2.75, 3.05) is 6.54 Å². The molecule has 2 aromatic rings. The zero-order valence-corrected chi connectivity index (χ0v) is 12.3. The molecule has 0 aliphatic carbocycles. The number of rotatable bonds is 5. The lowest BCUT2D eigenvalue weighted by Gasteiger charge is -2.14. The zero-order valence-electron chi connectivity index (χ0n) is 12.3.